The third-order valence-electron chi connectivity index (χ3n) is 2.86. The molecule has 0 radical (unpaired) electrons. The minimum atomic E-state index is -0.0437. The summed E-state index contributed by atoms with van der Waals surface area (Å²) in [5.74, 6) is -0.0437. The Bertz CT molecular complexity index is 395. The molecule has 0 aliphatic heterocycles. The minimum Gasteiger partial charge on any atom is -0.352 e. The van der Waals surface area contributed by atoms with E-state index in [1.54, 1.807) is 4.68 Å². The highest BCUT2D eigenvalue weighted by Crippen LogP contribution is 2.11. The molecule has 1 unspecified atom stereocenters. The van der Waals surface area contributed by atoms with E-state index < -0.39 is 0 Å². The van der Waals surface area contributed by atoms with Gasteiger partial charge in [0.25, 0.3) is 5.91 Å². The molecule has 96 valence electrons. The number of rotatable bonds is 5. The second-order valence-electron chi connectivity index (χ2n) is 4.54. The fourth-order valence-corrected chi connectivity index (χ4v) is 1.82. The molecule has 1 aromatic rings. The van der Waals surface area contributed by atoms with Crippen LogP contribution in [0.1, 0.15) is 41.5 Å². The van der Waals surface area contributed by atoms with Crippen LogP contribution < -0.4 is 11.1 Å². The number of nitrogens with zero attached hydrogens (tertiary/aromatic N) is 2. The van der Waals surface area contributed by atoms with Crippen LogP contribution in [0.15, 0.2) is 0 Å². The molecule has 5 nitrogen and oxygen atoms in total. The fourth-order valence-electron chi connectivity index (χ4n) is 1.82. The van der Waals surface area contributed by atoms with E-state index in [0.29, 0.717) is 12.1 Å². The Hall–Kier alpha value is -1.36. The summed E-state index contributed by atoms with van der Waals surface area (Å²) in [6.45, 7) is 6.38. The number of carbonyl (C=O) groups excluding carboxylic acids is 1. The van der Waals surface area contributed by atoms with Crippen LogP contribution in [0.2, 0.25) is 0 Å². The van der Waals surface area contributed by atoms with Crippen molar-refractivity contribution < 1.29 is 4.79 Å². The Morgan fingerprint density at radius 3 is 2.65 bits per heavy atom. The zero-order valence-corrected chi connectivity index (χ0v) is 11.1. The molecule has 17 heavy (non-hydrogen) atoms. The third kappa shape index (κ3) is 3.56. The average molecular weight is 238 g/mol. The minimum absolute atomic E-state index is 0.0437. The van der Waals surface area contributed by atoms with E-state index in [1.807, 2.05) is 27.8 Å². The van der Waals surface area contributed by atoms with E-state index in [4.69, 9.17) is 5.73 Å². The Labute approximate surface area is 102 Å². The van der Waals surface area contributed by atoms with Crippen molar-refractivity contribution in [3.05, 3.63) is 17.0 Å². The third-order valence-corrected chi connectivity index (χ3v) is 2.86. The van der Waals surface area contributed by atoms with Crippen molar-refractivity contribution in [1.82, 2.24) is 15.1 Å². The van der Waals surface area contributed by atoms with Crippen LogP contribution in [0.25, 0.3) is 0 Å². The fraction of sp³-hybridized carbons (Fsp3) is 0.667. The molecule has 5 heteroatoms. The smallest absolute Gasteiger partial charge is 0.255 e. The largest absolute Gasteiger partial charge is 0.352 e. The Morgan fingerprint density at radius 1 is 1.53 bits per heavy atom. The average Bonchev–Trinajstić information content (AvgIpc) is 2.48. The van der Waals surface area contributed by atoms with Crippen LogP contribution in [0.4, 0.5) is 0 Å². The van der Waals surface area contributed by atoms with Gasteiger partial charge in [-0.25, -0.2) is 0 Å². The molecule has 1 atom stereocenters. The molecule has 0 aromatic carbocycles. The van der Waals surface area contributed by atoms with Gasteiger partial charge in [-0.15, -0.1) is 0 Å². The predicted octanol–water partition coefficient (Wildman–Crippen LogP) is 0.894. The van der Waals surface area contributed by atoms with Crippen LogP contribution in [0, 0.1) is 13.8 Å². The number of aryl methyl sites for hydroxylation is 2. The maximum atomic E-state index is 11.9. The normalized spacial score (nSPS) is 12.5. The first-order valence-corrected chi connectivity index (χ1v) is 5.97. The summed E-state index contributed by atoms with van der Waals surface area (Å²) in [6.07, 6.45) is 1.83. The number of nitrogens with two attached hydrogens (primary N) is 1. The number of aromatic nitrogens is 2. The molecule has 0 fully saturated rings. The molecular weight excluding hydrogens is 216 g/mol. The first kappa shape index (κ1) is 13.7. The van der Waals surface area contributed by atoms with Crippen LogP contribution in [0.3, 0.4) is 0 Å². The number of amides is 1. The molecule has 0 saturated carbocycles. The van der Waals surface area contributed by atoms with E-state index >= 15 is 0 Å². The van der Waals surface area contributed by atoms with Gasteiger partial charge < -0.3 is 11.1 Å². The van der Waals surface area contributed by atoms with Gasteiger partial charge in [-0.1, -0.05) is 0 Å². The second kappa shape index (κ2) is 5.82. The molecule has 0 spiro atoms. The molecule has 1 amide bonds. The van der Waals surface area contributed by atoms with Crippen LogP contribution in [0.5, 0.6) is 0 Å². The molecule has 1 rings (SSSR count). The molecule has 3 N–H and O–H groups in total. The summed E-state index contributed by atoms with van der Waals surface area (Å²) in [5, 5.41) is 7.13. The highest BCUT2D eigenvalue weighted by atomic mass is 16.1. The molecule has 1 heterocycles. The number of nitrogens with one attached hydrogen (secondary N) is 1. The molecular formula is C12H22N4O. The van der Waals surface area contributed by atoms with Crippen LogP contribution >= 0.6 is 0 Å². The number of hydrogen-bond donors (Lipinski definition) is 2. The lowest BCUT2D eigenvalue weighted by molar-refractivity contribution is 0.0951. The maximum Gasteiger partial charge on any atom is 0.255 e. The lowest BCUT2D eigenvalue weighted by Gasteiger charge is -2.07. The Kier molecular flexibility index (Phi) is 4.69. The summed E-state index contributed by atoms with van der Waals surface area (Å²) in [5.41, 5.74) is 8.00. The highest BCUT2D eigenvalue weighted by molar-refractivity contribution is 5.96. The van der Waals surface area contributed by atoms with Gasteiger partial charge in [0.2, 0.25) is 0 Å². The topological polar surface area (TPSA) is 72.9 Å². The monoisotopic (exact) mass is 238 g/mol. The second-order valence-corrected chi connectivity index (χ2v) is 4.54. The van der Waals surface area contributed by atoms with E-state index in [9.17, 15) is 4.79 Å². The van der Waals surface area contributed by atoms with Gasteiger partial charge in [0.05, 0.1) is 11.3 Å². The SMILES string of the molecule is Cc1nn(C)c(C)c1C(=O)NCCCC(C)N. The zero-order chi connectivity index (χ0) is 13.0. The molecule has 0 aliphatic rings. The van der Waals surface area contributed by atoms with E-state index in [-0.39, 0.29) is 11.9 Å². The van der Waals surface area contributed by atoms with E-state index in [0.717, 1.165) is 24.2 Å². The van der Waals surface area contributed by atoms with Crippen molar-refractivity contribution in [3.8, 4) is 0 Å². The van der Waals surface area contributed by atoms with Crippen molar-refractivity contribution in [2.45, 2.75) is 39.7 Å². The first-order valence-electron chi connectivity index (χ1n) is 5.97. The van der Waals surface area contributed by atoms with Crippen LogP contribution in [-0.4, -0.2) is 28.3 Å². The van der Waals surface area contributed by atoms with Crippen molar-refractivity contribution in [2.24, 2.45) is 12.8 Å². The standard InChI is InChI=1S/C12H22N4O/c1-8(13)6-5-7-14-12(17)11-9(2)15-16(4)10(11)3/h8H,5-7,13H2,1-4H3,(H,14,17). The summed E-state index contributed by atoms with van der Waals surface area (Å²) in [6, 6.07) is 0.189. The summed E-state index contributed by atoms with van der Waals surface area (Å²) < 4.78 is 1.73. The molecule has 0 aliphatic carbocycles. The Morgan fingerprint density at radius 2 is 2.18 bits per heavy atom. The summed E-state index contributed by atoms with van der Waals surface area (Å²) in [7, 11) is 1.84. The van der Waals surface area contributed by atoms with E-state index in [2.05, 4.69) is 10.4 Å². The highest BCUT2D eigenvalue weighted by Gasteiger charge is 2.16. The summed E-state index contributed by atoms with van der Waals surface area (Å²) >= 11 is 0. The zero-order valence-electron chi connectivity index (χ0n) is 11.1. The van der Waals surface area contributed by atoms with Crippen molar-refractivity contribution in [3.63, 3.8) is 0 Å². The quantitative estimate of drug-likeness (QED) is 0.748. The van der Waals surface area contributed by atoms with Gasteiger partial charge >= 0.3 is 0 Å². The van der Waals surface area contributed by atoms with Gasteiger partial charge in [0.15, 0.2) is 0 Å². The van der Waals surface area contributed by atoms with Gasteiger partial charge in [-0.05, 0) is 33.6 Å². The molecule has 1 aromatic heterocycles. The van der Waals surface area contributed by atoms with Crippen molar-refractivity contribution in [1.29, 1.82) is 0 Å². The van der Waals surface area contributed by atoms with Crippen molar-refractivity contribution >= 4 is 5.91 Å². The van der Waals surface area contributed by atoms with Crippen molar-refractivity contribution in [2.75, 3.05) is 6.54 Å². The van der Waals surface area contributed by atoms with Crippen LogP contribution in [-0.2, 0) is 7.05 Å². The molecule has 0 saturated heterocycles. The van der Waals surface area contributed by atoms with Gasteiger partial charge in [-0.2, -0.15) is 5.10 Å². The lowest BCUT2D eigenvalue weighted by atomic mass is 10.1. The predicted molar refractivity (Wildman–Crippen MR) is 67.9 cm³/mol. The van der Waals surface area contributed by atoms with Gasteiger partial charge in [0, 0.05) is 25.3 Å². The Balaban J connectivity index is 2.53. The van der Waals surface area contributed by atoms with Gasteiger partial charge in [-0.3, -0.25) is 9.48 Å². The van der Waals surface area contributed by atoms with Gasteiger partial charge in [0.1, 0.15) is 0 Å². The number of hydrogen-bond acceptors (Lipinski definition) is 3. The number of carbonyl (C=O) groups is 1. The van der Waals surface area contributed by atoms with E-state index in [1.165, 1.54) is 0 Å². The first-order chi connectivity index (χ1) is 7.93. The summed E-state index contributed by atoms with van der Waals surface area (Å²) in [4.78, 5) is 11.9. The molecule has 0 bridgehead atoms. The lowest BCUT2D eigenvalue weighted by Crippen LogP contribution is -2.27. The maximum absolute atomic E-state index is 11.9.